The van der Waals surface area contributed by atoms with Crippen LogP contribution < -0.4 is 4.74 Å². The van der Waals surface area contributed by atoms with Crippen molar-refractivity contribution < 1.29 is 9.47 Å². The number of rotatable bonds is 3. The molecule has 0 N–H and O–H groups in total. The van der Waals surface area contributed by atoms with Crippen LogP contribution in [0.1, 0.15) is 25.3 Å². The van der Waals surface area contributed by atoms with Crippen molar-refractivity contribution >= 4 is 0 Å². The molecule has 14 heavy (non-hydrogen) atoms. The molecule has 3 nitrogen and oxygen atoms in total. The first-order valence-corrected chi connectivity index (χ1v) is 4.95. The highest BCUT2D eigenvalue weighted by Gasteiger charge is 2.20. The lowest BCUT2D eigenvalue weighted by Gasteiger charge is -2.26. The van der Waals surface area contributed by atoms with Crippen molar-refractivity contribution in [3.05, 3.63) is 24.0 Å². The second-order valence-electron chi connectivity index (χ2n) is 3.89. The quantitative estimate of drug-likeness (QED) is 0.735. The fourth-order valence-electron chi connectivity index (χ4n) is 1.29. The van der Waals surface area contributed by atoms with Crippen molar-refractivity contribution in [1.29, 1.82) is 0 Å². The van der Waals surface area contributed by atoms with E-state index < -0.39 is 0 Å². The zero-order chi connectivity index (χ0) is 9.97. The van der Waals surface area contributed by atoms with Crippen molar-refractivity contribution in [2.45, 2.75) is 25.9 Å². The third-order valence-electron chi connectivity index (χ3n) is 2.31. The minimum absolute atomic E-state index is 0.221. The predicted octanol–water partition coefficient (Wildman–Crippen LogP) is 1.98. The fourth-order valence-corrected chi connectivity index (χ4v) is 1.29. The van der Waals surface area contributed by atoms with Gasteiger partial charge in [0.1, 0.15) is 11.9 Å². The van der Waals surface area contributed by atoms with E-state index in [-0.39, 0.29) is 6.10 Å². The van der Waals surface area contributed by atoms with Crippen LogP contribution in [0.3, 0.4) is 0 Å². The number of hydrogen-bond donors (Lipinski definition) is 0. The predicted molar refractivity (Wildman–Crippen MR) is 53.6 cm³/mol. The molecule has 0 bridgehead atoms. The summed E-state index contributed by atoms with van der Waals surface area (Å²) in [5, 5.41) is 0. The van der Waals surface area contributed by atoms with Gasteiger partial charge in [-0.2, -0.15) is 0 Å². The molecule has 0 unspecified atom stereocenters. The average molecular weight is 193 g/mol. The molecule has 0 aliphatic carbocycles. The lowest BCUT2D eigenvalue weighted by atomic mass is 10.1. The molecule has 3 heteroatoms. The Labute approximate surface area is 84.1 Å². The molecule has 0 aromatic carbocycles. The average Bonchev–Trinajstić information content (AvgIpc) is 2.12. The zero-order valence-electron chi connectivity index (χ0n) is 8.56. The minimum Gasteiger partial charge on any atom is -0.484 e. The van der Waals surface area contributed by atoms with Crippen molar-refractivity contribution in [3.63, 3.8) is 0 Å². The number of hydrogen-bond acceptors (Lipinski definition) is 3. The number of pyridine rings is 1. The van der Waals surface area contributed by atoms with Gasteiger partial charge in [0.25, 0.3) is 0 Å². The summed E-state index contributed by atoms with van der Waals surface area (Å²) in [7, 11) is 0. The molecule has 1 saturated heterocycles. The van der Waals surface area contributed by atoms with E-state index in [1.165, 1.54) is 5.56 Å². The Kier molecular flexibility index (Phi) is 2.68. The molecule has 76 valence electrons. The molecule has 1 aromatic rings. The molecule has 0 radical (unpaired) electrons. The first-order chi connectivity index (χ1) is 6.75. The van der Waals surface area contributed by atoms with Crippen molar-refractivity contribution in [2.24, 2.45) is 0 Å². The van der Waals surface area contributed by atoms with Gasteiger partial charge in [-0.25, -0.2) is 0 Å². The SMILES string of the molecule is CC(C)c1cncc(OC2COC2)c1. The highest BCUT2D eigenvalue weighted by molar-refractivity contribution is 5.25. The van der Waals surface area contributed by atoms with Crippen LogP contribution in [0, 0.1) is 0 Å². The van der Waals surface area contributed by atoms with Gasteiger partial charge in [0, 0.05) is 6.20 Å². The lowest BCUT2D eigenvalue weighted by Crippen LogP contribution is -2.38. The maximum atomic E-state index is 5.65. The molecule has 1 aliphatic heterocycles. The Balaban J connectivity index is 2.05. The molecular weight excluding hydrogens is 178 g/mol. The van der Waals surface area contributed by atoms with Gasteiger partial charge in [-0.3, -0.25) is 4.98 Å². The minimum atomic E-state index is 0.221. The van der Waals surface area contributed by atoms with E-state index >= 15 is 0 Å². The van der Waals surface area contributed by atoms with Gasteiger partial charge < -0.3 is 9.47 Å². The summed E-state index contributed by atoms with van der Waals surface area (Å²) < 4.78 is 10.7. The number of nitrogens with zero attached hydrogens (tertiary/aromatic N) is 1. The van der Waals surface area contributed by atoms with Crippen LogP contribution in [0.5, 0.6) is 5.75 Å². The van der Waals surface area contributed by atoms with E-state index in [1.807, 2.05) is 6.20 Å². The molecule has 0 saturated carbocycles. The monoisotopic (exact) mass is 193 g/mol. The van der Waals surface area contributed by atoms with E-state index in [1.54, 1.807) is 6.20 Å². The third-order valence-corrected chi connectivity index (χ3v) is 2.31. The topological polar surface area (TPSA) is 31.4 Å². The molecule has 0 atom stereocenters. The van der Waals surface area contributed by atoms with Gasteiger partial charge in [0.2, 0.25) is 0 Å². The summed E-state index contributed by atoms with van der Waals surface area (Å²) in [6, 6.07) is 2.05. The third kappa shape index (κ3) is 2.04. The summed E-state index contributed by atoms with van der Waals surface area (Å²) in [4.78, 5) is 4.15. The van der Waals surface area contributed by atoms with Crippen molar-refractivity contribution in [1.82, 2.24) is 4.98 Å². The van der Waals surface area contributed by atoms with Crippen molar-refractivity contribution in [2.75, 3.05) is 13.2 Å². The smallest absolute Gasteiger partial charge is 0.145 e. The zero-order valence-corrected chi connectivity index (χ0v) is 8.56. The van der Waals surface area contributed by atoms with E-state index in [9.17, 15) is 0 Å². The van der Waals surface area contributed by atoms with E-state index in [2.05, 4.69) is 24.9 Å². The van der Waals surface area contributed by atoms with Crippen LogP contribution in [0.15, 0.2) is 18.5 Å². The van der Waals surface area contributed by atoms with E-state index in [0.29, 0.717) is 19.1 Å². The summed E-state index contributed by atoms with van der Waals surface area (Å²) in [5.41, 5.74) is 1.21. The number of aromatic nitrogens is 1. The Bertz CT molecular complexity index is 308. The van der Waals surface area contributed by atoms with Crippen LogP contribution in [0.4, 0.5) is 0 Å². The maximum Gasteiger partial charge on any atom is 0.145 e. The summed E-state index contributed by atoms with van der Waals surface area (Å²) >= 11 is 0. The van der Waals surface area contributed by atoms with Crippen LogP contribution in [0.2, 0.25) is 0 Å². The molecule has 1 fully saturated rings. The largest absolute Gasteiger partial charge is 0.484 e. The van der Waals surface area contributed by atoms with Gasteiger partial charge in [0.05, 0.1) is 19.4 Å². The fraction of sp³-hybridized carbons (Fsp3) is 0.545. The molecule has 0 spiro atoms. The second kappa shape index (κ2) is 3.96. The van der Waals surface area contributed by atoms with Gasteiger partial charge in [-0.15, -0.1) is 0 Å². The van der Waals surface area contributed by atoms with E-state index in [0.717, 1.165) is 5.75 Å². The first-order valence-electron chi connectivity index (χ1n) is 4.95. The lowest BCUT2D eigenvalue weighted by molar-refractivity contribution is -0.0798. The molecular formula is C11H15NO2. The van der Waals surface area contributed by atoms with Gasteiger partial charge in [-0.1, -0.05) is 13.8 Å². The summed E-state index contributed by atoms with van der Waals surface area (Å²) in [5.74, 6) is 1.34. The molecule has 1 aliphatic rings. The van der Waals surface area contributed by atoms with Gasteiger partial charge in [0.15, 0.2) is 0 Å². The summed E-state index contributed by atoms with van der Waals surface area (Å²) in [6.07, 6.45) is 3.86. The Morgan fingerprint density at radius 2 is 2.21 bits per heavy atom. The standard InChI is InChI=1S/C11H15NO2/c1-8(2)9-3-10(5-12-4-9)14-11-6-13-7-11/h3-5,8,11H,6-7H2,1-2H3. The van der Waals surface area contributed by atoms with Crippen LogP contribution >= 0.6 is 0 Å². The van der Waals surface area contributed by atoms with Crippen LogP contribution in [-0.2, 0) is 4.74 Å². The number of ether oxygens (including phenoxy) is 2. The van der Waals surface area contributed by atoms with Gasteiger partial charge >= 0.3 is 0 Å². The highest BCUT2D eigenvalue weighted by atomic mass is 16.6. The Morgan fingerprint density at radius 1 is 1.43 bits per heavy atom. The molecule has 0 amide bonds. The van der Waals surface area contributed by atoms with Crippen LogP contribution in [0.25, 0.3) is 0 Å². The molecule has 2 rings (SSSR count). The van der Waals surface area contributed by atoms with Crippen LogP contribution in [-0.4, -0.2) is 24.3 Å². The van der Waals surface area contributed by atoms with E-state index in [4.69, 9.17) is 9.47 Å². The molecule has 2 heterocycles. The maximum absolute atomic E-state index is 5.65. The highest BCUT2D eigenvalue weighted by Crippen LogP contribution is 2.20. The van der Waals surface area contributed by atoms with Crippen molar-refractivity contribution in [3.8, 4) is 5.75 Å². The second-order valence-corrected chi connectivity index (χ2v) is 3.89. The first kappa shape index (κ1) is 9.46. The summed E-state index contributed by atoms with van der Waals surface area (Å²) in [6.45, 7) is 5.69. The normalized spacial score (nSPS) is 16.8. The Morgan fingerprint density at radius 3 is 2.79 bits per heavy atom. The Hall–Kier alpha value is -1.09. The van der Waals surface area contributed by atoms with Gasteiger partial charge in [-0.05, 0) is 17.5 Å². The molecule has 1 aromatic heterocycles.